The molecule has 5 heteroatoms. The Kier molecular flexibility index (Phi) is 3.07. The van der Waals surface area contributed by atoms with Gasteiger partial charge >= 0.3 is 0 Å². The molecular formula is C18H26N4O. The SMILES string of the molecule is O=C(N1CCC[C@@H](n2cncn2)C1)C12CC3CC(CC(C3)C1)C2. The quantitative estimate of drug-likeness (QED) is 0.843. The Labute approximate surface area is 137 Å². The van der Waals surface area contributed by atoms with Crippen molar-refractivity contribution in [3.05, 3.63) is 12.7 Å². The van der Waals surface area contributed by atoms with Gasteiger partial charge in [-0.1, -0.05) is 0 Å². The van der Waals surface area contributed by atoms with E-state index in [2.05, 4.69) is 15.0 Å². The standard InChI is InChI=1S/C18H26N4O/c23-17(18-7-13-4-14(8-18)6-15(5-13)9-18)21-3-1-2-16(10-21)22-12-19-11-20-22/h11-16H,1-10H2/t13?,14?,15?,16-,18?/m1/s1. The van der Waals surface area contributed by atoms with Gasteiger partial charge in [-0.15, -0.1) is 0 Å². The summed E-state index contributed by atoms with van der Waals surface area (Å²) in [4.78, 5) is 19.7. The molecule has 1 aromatic rings. The van der Waals surface area contributed by atoms with Crippen molar-refractivity contribution in [2.75, 3.05) is 13.1 Å². The summed E-state index contributed by atoms with van der Waals surface area (Å²) in [5, 5.41) is 4.29. The zero-order valence-corrected chi connectivity index (χ0v) is 13.7. The number of hydrogen-bond donors (Lipinski definition) is 0. The first kappa shape index (κ1) is 14.0. The van der Waals surface area contributed by atoms with E-state index in [0.717, 1.165) is 43.7 Å². The molecule has 5 fully saturated rings. The van der Waals surface area contributed by atoms with Crippen LogP contribution in [-0.2, 0) is 4.79 Å². The molecule has 4 saturated carbocycles. The maximum atomic E-state index is 13.4. The monoisotopic (exact) mass is 314 g/mol. The van der Waals surface area contributed by atoms with Gasteiger partial charge in [0.2, 0.25) is 5.91 Å². The smallest absolute Gasteiger partial charge is 0.228 e. The molecule has 0 N–H and O–H groups in total. The van der Waals surface area contributed by atoms with Crippen molar-refractivity contribution in [2.24, 2.45) is 23.2 Å². The molecule has 5 nitrogen and oxygen atoms in total. The number of likely N-dealkylation sites (tertiary alicyclic amines) is 1. The van der Waals surface area contributed by atoms with Crippen molar-refractivity contribution < 1.29 is 4.79 Å². The highest BCUT2D eigenvalue weighted by molar-refractivity contribution is 5.83. The normalized spacial score (nSPS) is 42.2. The Morgan fingerprint density at radius 2 is 1.78 bits per heavy atom. The third kappa shape index (κ3) is 2.23. The first-order valence-corrected chi connectivity index (χ1v) is 9.35. The number of hydrogen-bond acceptors (Lipinski definition) is 3. The number of nitrogens with zero attached hydrogens (tertiary/aromatic N) is 4. The van der Waals surface area contributed by atoms with Gasteiger partial charge in [0.1, 0.15) is 12.7 Å². The third-order valence-electron chi connectivity index (χ3n) is 6.99. The van der Waals surface area contributed by atoms with E-state index in [1.54, 1.807) is 12.7 Å². The predicted octanol–water partition coefficient (Wildman–Crippen LogP) is 2.66. The topological polar surface area (TPSA) is 51.0 Å². The molecule has 4 bridgehead atoms. The number of rotatable bonds is 2. The molecule has 23 heavy (non-hydrogen) atoms. The van der Waals surface area contributed by atoms with Crippen LogP contribution in [0.1, 0.15) is 57.4 Å². The predicted molar refractivity (Wildman–Crippen MR) is 85.5 cm³/mol. The molecule has 0 spiro atoms. The molecule has 0 aromatic carbocycles. The van der Waals surface area contributed by atoms with Crippen molar-refractivity contribution in [2.45, 2.75) is 57.4 Å². The van der Waals surface area contributed by atoms with Crippen molar-refractivity contribution in [1.29, 1.82) is 0 Å². The lowest BCUT2D eigenvalue weighted by molar-refractivity contribution is -0.159. The first-order chi connectivity index (χ1) is 11.2. The molecule has 0 radical (unpaired) electrons. The molecular weight excluding hydrogens is 288 g/mol. The van der Waals surface area contributed by atoms with Gasteiger partial charge in [0, 0.05) is 13.1 Å². The van der Waals surface area contributed by atoms with E-state index in [1.165, 1.54) is 38.5 Å². The van der Waals surface area contributed by atoms with Gasteiger partial charge in [-0.25, -0.2) is 9.67 Å². The van der Waals surface area contributed by atoms with Crippen molar-refractivity contribution >= 4 is 5.91 Å². The Morgan fingerprint density at radius 3 is 2.39 bits per heavy atom. The van der Waals surface area contributed by atoms with Crippen LogP contribution in [0, 0.1) is 23.2 Å². The molecule has 1 saturated heterocycles. The van der Waals surface area contributed by atoms with Gasteiger partial charge in [-0.2, -0.15) is 5.10 Å². The van der Waals surface area contributed by atoms with Gasteiger partial charge in [0.15, 0.2) is 0 Å². The molecule has 6 rings (SSSR count). The zero-order chi connectivity index (χ0) is 15.4. The summed E-state index contributed by atoms with van der Waals surface area (Å²) in [6.45, 7) is 1.76. The number of carbonyl (C=O) groups excluding carboxylic acids is 1. The Balaban J connectivity index is 1.36. The van der Waals surface area contributed by atoms with Crippen LogP contribution in [0.4, 0.5) is 0 Å². The van der Waals surface area contributed by atoms with E-state index < -0.39 is 0 Å². The zero-order valence-electron chi connectivity index (χ0n) is 13.7. The van der Waals surface area contributed by atoms with Gasteiger partial charge in [-0.05, 0) is 69.1 Å². The number of piperidine rings is 1. The minimum Gasteiger partial charge on any atom is -0.340 e. The summed E-state index contributed by atoms with van der Waals surface area (Å²) in [5.74, 6) is 2.98. The number of amides is 1. The molecule has 2 heterocycles. The second-order valence-corrected chi connectivity index (χ2v) is 8.62. The molecule has 4 aliphatic carbocycles. The maximum absolute atomic E-state index is 13.4. The Hall–Kier alpha value is -1.39. The van der Waals surface area contributed by atoms with E-state index in [0.29, 0.717) is 11.9 Å². The van der Waals surface area contributed by atoms with Crippen LogP contribution in [0.2, 0.25) is 0 Å². The first-order valence-electron chi connectivity index (χ1n) is 9.35. The van der Waals surface area contributed by atoms with Crippen LogP contribution in [-0.4, -0.2) is 38.7 Å². The van der Waals surface area contributed by atoms with Gasteiger partial charge in [0.25, 0.3) is 0 Å². The highest BCUT2D eigenvalue weighted by atomic mass is 16.2. The van der Waals surface area contributed by atoms with E-state index in [9.17, 15) is 4.79 Å². The van der Waals surface area contributed by atoms with Crippen LogP contribution in [0.3, 0.4) is 0 Å². The lowest BCUT2D eigenvalue weighted by atomic mass is 9.49. The fourth-order valence-electron chi connectivity index (χ4n) is 6.47. The highest BCUT2D eigenvalue weighted by Gasteiger charge is 2.55. The summed E-state index contributed by atoms with van der Waals surface area (Å²) >= 11 is 0. The average molecular weight is 314 g/mol. The van der Waals surface area contributed by atoms with Crippen molar-refractivity contribution in [1.82, 2.24) is 19.7 Å². The maximum Gasteiger partial charge on any atom is 0.228 e. The van der Waals surface area contributed by atoms with Crippen LogP contribution in [0.15, 0.2) is 12.7 Å². The lowest BCUT2D eigenvalue weighted by Crippen LogP contribution is -2.56. The second kappa shape index (κ2) is 5.05. The number of aromatic nitrogens is 3. The molecule has 1 aromatic heterocycles. The number of carbonyl (C=O) groups is 1. The largest absolute Gasteiger partial charge is 0.340 e. The van der Waals surface area contributed by atoms with E-state index in [-0.39, 0.29) is 5.41 Å². The van der Waals surface area contributed by atoms with Crippen LogP contribution in [0.5, 0.6) is 0 Å². The second-order valence-electron chi connectivity index (χ2n) is 8.62. The molecule has 1 atom stereocenters. The average Bonchev–Trinajstić information content (AvgIpc) is 3.07. The van der Waals surface area contributed by atoms with Gasteiger partial charge in [0.05, 0.1) is 11.5 Å². The highest BCUT2D eigenvalue weighted by Crippen LogP contribution is 2.60. The third-order valence-corrected chi connectivity index (χ3v) is 6.99. The summed E-state index contributed by atoms with van der Waals surface area (Å²) in [6.07, 6.45) is 13.3. The molecule has 0 unspecified atom stereocenters. The van der Waals surface area contributed by atoms with Crippen LogP contribution < -0.4 is 0 Å². The van der Waals surface area contributed by atoms with Crippen molar-refractivity contribution in [3.63, 3.8) is 0 Å². The van der Waals surface area contributed by atoms with E-state index >= 15 is 0 Å². The molecule has 1 aliphatic heterocycles. The van der Waals surface area contributed by atoms with Crippen molar-refractivity contribution in [3.8, 4) is 0 Å². The summed E-state index contributed by atoms with van der Waals surface area (Å²) in [7, 11) is 0. The molecule has 124 valence electrons. The Bertz CT molecular complexity index is 561. The van der Waals surface area contributed by atoms with E-state index in [4.69, 9.17) is 0 Å². The Morgan fingerprint density at radius 1 is 1.09 bits per heavy atom. The molecule has 1 amide bonds. The minimum atomic E-state index is -0.000986. The van der Waals surface area contributed by atoms with Crippen LogP contribution >= 0.6 is 0 Å². The van der Waals surface area contributed by atoms with E-state index in [1.807, 2.05) is 4.68 Å². The molecule has 5 aliphatic rings. The summed E-state index contributed by atoms with van der Waals surface area (Å²) < 4.78 is 1.94. The van der Waals surface area contributed by atoms with Gasteiger partial charge < -0.3 is 4.90 Å². The lowest BCUT2D eigenvalue weighted by Gasteiger charge is -2.57. The fraction of sp³-hybridized carbons (Fsp3) is 0.833. The fourth-order valence-corrected chi connectivity index (χ4v) is 6.47. The minimum absolute atomic E-state index is 0.000986. The summed E-state index contributed by atoms with van der Waals surface area (Å²) in [6, 6.07) is 0.309. The summed E-state index contributed by atoms with van der Waals surface area (Å²) in [5.41, 5.74) is -0.000986. The van der Waals surface area contributed by atoms with Gasteiger partial charge in [-0.3, -0.25) is 4.79 Å². The van der Waals surface area contributed by atoms with Crippen LogP contribution in [0.25, 0.3) is 0 Å².